The summed E-state index contributed by atoms with van der Waals surface area (Å²) in [5.41, 5.74) is -0.938. The van der Waals surface area contributed by atoms with Crippen LogP contribution >= 0.6 is 0 Å². The second-order valence-electron chi connectivity index (χ2n) is 8.84. The highest BCUT2D eigenvalue weighted by Gasteiger charge is 2.34. The van der Waals surface area contributed by atoms with Crippen molar-refractivity contribution >= 4 is 22.4 Å². The Morgan fingerprint density at radius 2 is 1.59 bits per heavy atom. The summed E-state index contributed by atoms with van der Waals surface area (Å²) in [6.07, 6.45) is -7.77. The molecule has 4 rings (SSSR count). The maximum Gasteiger partial charge on any atom is 0.418 e. The molecule has 11 heteroatoms. The van der Waals surface area contributed by atoms with Gasteiger partial charge in [-0.2, -0.15) is 26.3 Å². The van der Waals surface area contributed by atoms with Gasteiger partial charge in [0.25, 0.3) is 0 Å². The number of alkyl halides is 6. The molecular formula is C26H23F6N5. The number of aromatic nitrogens is 3. The number of anilines is 2. The molecule has 0 atom stereocenters. The van der Waals surface area contributed by atoms with Gasteiger partial charge in [0, 0.05) is 22.8 Å². The standard InChI is InChI=1S/C26H23F6N5/c1-15(2)13-33-14-22-36-21-12-16(23-20(26(30,31)32)4-3-11-34-23)5-10-19(21)24(37-22)35-18-8-6-17(7-9-18)25(27,28)29/h3-12,15,33H,13-14H2,1-2H3,(H,35,36,37). The molecule has 0 aliphatic heterocycles. The van der Waals surface area contributed by atoms with Gasteiger partial charge in [-0.15, -0.1) is 0 Å². The fraction of sp³-hybridized carbons (Fsp3) is 0.269. The molecular weight excluding hydrogens is 496 g/mol. The molecule has 0 saturated heterocycles. The summed E-state index contributed by atoms with van der Waals surface area (Å²) < 4.78 is 79.5. The van der Waals surface area contributed by atoms with Gasteiger partial charge in [-0.1, -0.05) is 19.9 Å². The summed E-state index contributed by atoms with van der Waals surface area (Å²) >= 11 is 0. The van der Waals surface area contributed by atoms with Gasteiger partial charge in [-0.3, -0.25) is 4.98 Å². The van der Waals surface area contributed by atoms with E-state index in [1.165, 1.54) is 36.5 Å². The van der Waals surface area contributed by atoms with E-state index >= 15 is 0 Å². The van der Waals surface area contributed by atoms with Crippen molar-refractivity contribution in [3.8, 4) is 11.3 Å². The molecule has 2 aromatic carbocycles. The molecule has 5 nitrogen and oxygen atoms in total. The fourth-order valence-electron chi connectivity index (χ4n) is 3.72. The van der Waals surface area contributed by atoms with Crippen LogP contribution in [0.2, 0.25) is 0 Å². The van der Waals surface area contributed by atoms with E-state index in [9.17, 15) is 26.3 Å². The number of hydrogen-bond acceptors (Lipinski definition) is 5. The molecule has 0 bridgehead atoms. The highest BCUT2D eigenvalue weighted by molar-refractivity contribution is 5.93. The molecule has 0 aliphatic carbocycles. The van der Waals surface area contributed by atoms with Crippen LogP contribution in [0.3, 0.4) is 0 Å². The molecule has 2 aromatic heterocycles. The third-order valence-electron chi connectivity index (χ3n) is 5.44. The van der Waals surface area contributed by atoms with E-state index in [4.69, 9.17) is 0 Å². The van der Waals surface area contributed by atoms with Crippen molar-refractivity contribution in [2.75, 3.05) is 11.9 Å². The van der Waals surface area contributed by atoms with Crippen LogP contribution in [0.25, 0.3) is 22.2 Å². The minimum atomic E-state index is -4.59. The van der Waals surface area contributed by atoms with E-state index in [1.807, 2.05) is 13.8 Å². The molecule has 0 aliphatic rings. The normalized spacial score (nSPS) is 12.4. The van der Waals surface area contributed by atoms with E-state index in [0.29, 0.717) is 40.7 Å². The maximum atomic E-state index is 13.6. The number of rotatable bonds is 7. The molecule has 0 amide bonds. The van der Waals surface area contributed by atoms with Crippen LogP contribution in [0.1, 0.15) is 30.8 Å². The van der Waals surface area contributed by atoms with E-state index in [1.54, 1.807) is 6.07 Å². The number of hydrogen-bond donors (Lipinski definition) is 2. The monoisotopic (exact) mass is 519 g/mol. The number of fused-ring (bicyclic) bond motifs is 1. The van der Waals surface area contributed by atoms with E-state index in [2.05, 4.69) is 25.6 Å². The van der Waals surface area contributed by atoms with Gasteiger partial charge in [0.1, 0.15) is 11.6 Å². The van der Waals surface area contributed by atoms with E-state index in [-0.39, 0.29) is 17.8 Å². The lowest BCUT2D eigenvalue weighted by atomic mass is 10.0. The SMILES string of the molecule is CC(C)CNCc1nc(Nc2ccc(C(F)(F)F)cc2)c2ccc(-c3ncccc3C(F)(F)F)cc2n1. The molecule has 0 unspecified atom stereocenters. The summed E-state index contributed by atoms with van der Waals surface area (Å²) in [5.74, 6) is 1.05. The molecule has 0 saturated carbocycles. The van der Waals surface area contributed by atoms with Crippen LogP contribution in [-0.2, 0) is 18.9 Å². The molecule has 2 N–H and O–H groups in total. The zero-order valence-electron chi connectivity index (χ0n) is 19.9. The van der Waals surface area contributed by atoms with Gasteiger partial charge in [0.05, 0.1) is 28.9 Å². The first-order valence-corrected chi connectivity index (χ1v) is 11.4. The quantitative estimate of drug-likeness (QED) is 0.253. The molecule has 0 radical (unpaired) electrons. The Kier molecular flexibility index (Phi) is 7.35. The van der Waals surface area contributed by atoms with Gasteiger partial charge in [-0.25, -0.2) is 9.97 Å². The first-order valence-electron chi connectivity index (χ1n) is 11.4. The second-order valence-corrected chi connectivity index (χ2v) is 8.84. The molecule has 2 heterocycles. The van der Waals surface area contributed by atoms with Crippen LogP contribution < -0.4 is 10.6 Å². The highest BCUT2D eigenvalue weighted by atomic mass is 19.4. The summed E-state index contributed by atoms with van der Waals surface area (Å²) in [6.45, 7) is 5.04. The van der Waals surface area contributed by atoms with Crippen molar-refractivity contribution in [1.82, 2.24) is 20.3 Å². The van der Waals surface area contributed by atoms with Gasteiger partial charge in [0.2, 0.25) is 0 Å². The van der Waals surface area contributed by atoms with Crippen LogP contribution in [0, 0.1) is 5.92 Å². The minimum Gasteiger partial charge on any atom is -0.340 e. The number of nitrogens with one attached hydrogen (secondary N) is 2. The second kappa shape index (κ2) is 10.3. The lowest BCUT2D eigenvalue weighted by Crippen LogP contribution is -2.20. The Labute approximate surface area is 209 Å². The molecule has 194 valence electrons. The first kappa shape index (κ1) is 26.3. The number of nitrogens with zero attached hydrogens (tertiary/aromatic N) is 3. The first-order chi connectivity index (χ1) is 17.4. The largest absolute Gasteiger partial charge is 0.418 e. The summed E-state index contributed by atoms with van der Waals surface area (Å²) in [6, 6.07) is 11.2. The third-order valence-corrected chi connectivity index (χ3v) is 5.44. The van der Waals surface area contributed by atoms with Crippen LogP contribution in [0.4, 0.5) is 37.8 Å². The Balaban J connectivity index is 1.77. The molecule has 0 spiro atoms. The number of benzene rings is 2. The molecule has 37 heavy (non-hydrogen) atoms. The summed E-state index contributed by atoms with van der Waals surface area (Å²) in [5, 5.41) is 6.72. The van der Waals surface area contributed by atoms with Gasteiger partial charge >= 0.3 is 12.4 Å². The van der Waals surface area contributed by atoms with E-state index in [0.717, 1.165) is 18.2 Å². The van der Waals surface area contributed by atoms with E-state index < -0.39 is 23.5 Å². The fourth-order valence-corrected chi connectivity index (χ4v) is 3.72. The number of halogens is 6. The lowest BCUT2D eigenvalue weighted by Gasteiger charge is -2.15. The van der Waals surface area contributed by atoms with Gasteiger partial charge in [-0.05, 0) is 61.0 Å². The summed E-state index contributed by atoms with van der Waals surface area (Å²) in [4.78, 5) is 13.0. The maximum absolute atomic E-state index is 13.6. The van der Waals surface area contributed by atoms with Crippen LogP contribution in [0.5, 0.6) is 0 Å². The van der Waals surface area contributed by atoms with Crippen LogP contribution in [0.15, 0.2) is 60.8 Å². The van der Waals surface area contributed by atoms with Gasteiger partial charge < -0.3 is 10.6 Å². The zero-order chi connectivity index (χ0) is 26.8. The van der Waals surface area contributed by atoms with Crippen molar-refractivity contribution in [3.63, 3.8) is 0 Å². The van der Waals surface area contributed by atoms with Gasteiger partial charge in [0.15, 0.2) is 0 Å². The Morgan fingerprint density at radius 3 is 2.24 bits per heavy atom. The topological polar surface area (TPSA) is 62.7 Å². The predicted molar refractivity (Wildman–Crippen MR) is 129 cm³/mol. The van der Waals surface area contributed by atoms with Crippen LogP contribution in [-0.4, -0.2) is 21.5 Å². The van der Waals surface area contributed by atoms with Crippen molar-refractivity contribution in [2.45, 2.75) is 32.7 Å². The zero-order valence-corrected chi connectivity index (χ0v) is 19.9. The predicted octanol–water partition coefficient (Wildman–Crippen LogP) is 7.22. The Morgan fingerprint density at radius 1 is 0.865 bits per heavy atom. The Bertz CT molecular complexity index is 1380. The summed E-state index contributed by atoms with van der Waals surface area (Å²) in [7, 11) is 0. The number of pyridine rings is 1. The smallest absolute Gasteiger partial charge is 0.340 e. The average Bonchev–Trinajstić information content (AvgIpc) is 2.83. The average molecular weight is 519 g/mol. The van der Waals surface area contributed by atoms with Crippen molar-refractivity contribution in [3.05, 3.63) is 77.7 Å². The Hall–Kier alpha value is -3.73. The lowest BCUT2D eigenvalue weighted by molar-refractivity contribution is -0.138. The molecule has 0 fully saturated rings. The van der Waals surface area contributed by atoms with Crippen molar-refractivity contribution < 1.29 is 26.3 Å². The third kappa shape index (κ3) is 6.34. The molecule has 4 aromatic rings. The van der Waals surface area contributed by atoms with Crippen molar-refractivity contribution in [2.24, 2.45) is 5.92 Å². The highest BCUT2D eigenvalue weighted by Crippen LogP contribution is 2.37. The minimum absolute atomic E-state index is 0.223. The van der Waals surface area contributed by atoms with Crippen molar-refractivity contribution in [1.29, 1.82) is 0 Å².